The van der Waals surface area contributed by atoms with Gasteiger partial charge in [0.05, 0.1) is 17.9 Å². The van der Waals surface area contributed by atoms with Crippen LogP contribution in [0.15, 0.2) is 24.3 Å². The molecule has 1 fully saturated rings. The number of hydrogen-bond acceptors (Lipinski definition) is 2. The number of aliphatic carboxylic acids is 1. The van der Waals surface area contributed by atoms with Gasteiger partial charge < -0.3 is 10.4 Å². The summed E-state index contributed by atoms with van der Waals surface area (Å²) in [5.74, 6) is -1.91. The highest BCUT2D eigenvalue weighted by molar-refractivity contribution is 5.85. The van der Waals surface area contributed by atoms with Gasteiger partial charge in [-0.2, -0.15) is 0 Å². The molecule has 1 aromatic carbocycles. The Balaban J connectivity index is 2.00. The van der Waals surface area contributed by atoms with Gasteiger partial charge in [0, 0.05) is 0 Å². The predicted octanol–water partition coefficient (Wildman–Crippen LogP) is 2.67. The molecule has 0 bridgehead atoms. The van der Waals surface area contributed by atoms with Gasteiger partial charge in [-0.05, 0) is 32.3 Å². The number of hydrogen-bond donors (Lipinski definition) is 2. The lowest BCUT2D eigenvalue weighted by molar-refractivity contribution is -0.146. The van der Waals surface area contributed by atoms with Gasteiger partial charge in [0.15, 0.2) is 0 Å². The van der Waals surface area contributed by atoms with E-state index in [2.05, 4.69) is 5.32 Å². The Morgan fingerprint density at radius 3 is 2.40 bits per heavy atom. The molecule has 2 rings (SSSR count). The molecule has 1 saturated carbocycles. The number of rotatable bonds is 4. The monoisotopic (exact) mass is 275 g/mol. The van der Waals surface area contributed by atoms with Gasteiger partial charge in [0.1, 0.15) is 0 Å². The van der Waals surface area contributed by atoms with Crippen LogP contribution < -0.4 is 5.32 Å². The van der Waals surface area contributed by atoms with E-state index in [1.54, 1.807) is 0 Å². The Labute approximate surface area is 119 Å². The fourth-order valence-electron chi connectivity index (χ4n) is 2.83. The fraction of sp³-hybridized carbons (Fsp3) is 0.500. The van der Waals surface area contributed by atoms with Crippen LogP contribution in [0.5, 0.6) is 0 Å². The highest BCUT2D eigenvalue weighted by Crippen LogP contribution is 2.32. The van der Waals surface area contributed by atoms with E-state index in [9.17, 15) is 9.59 Å². The van der Waals surface area contributed by atoms with Gasteiger partial charge in [-0.3, -0.25) is 9.59 Å². The van der Waals surface area contributed by atoms with Crippen LogP contribution in [0.1, 0.15) is 43.4 Å². The number of amides is 1. The molecule has 1 amide bonds. The molecule has 0 saturated heterocycles. The molecule has 0 heterocycles. The smallest absolute Gasteiger partial charge is 0.307 e. The van der Waals surface area contributed by atoms with E-state index in [4.69, 9.17) is 5.11 Å². The summed E-state index contributed by atoms with van der Waals surface area (Å²) in [6, 6.07) is 7.90. The van der Waals surface area contributed by atoms with Gasteiger partial charge in [-0.1, -0.05) is 36.2 Å². The zero-order chi connectivity index (χ0) is 14.7. The average Bonchev–Trinajstić information content (AvgIpc) is 2.88. The lowest BCUT2D eigenvalue weighted by atomic mass is 9.94. The Morgan fingerprint density at radius 2 is 1.80 bits per heavy atom. The molecule has 4 nitrogen and oxygen atoms in total. The van der Waals surface area contributed by atoms with Gasteiger partial charge in [-0.15, -0.1) is 0 Å². The van der Waals surface area contributed by atoms with Crippen molar-refractivity contribution in [2.45, 2.75) is 39.2 Å². The lowest BCUT2D eigenvalue weighted by Crippen LogP contribution is -2.36. The molecule has 0 aliphatic heterocycles. The molecule has 0 spiro atoms. The Kier molecular flexibility index (Phi) is 4.42. The maximum Gasteiger partial charge on any atom is 0.307 e. The van der Waals surface area contributed by atoms with Crippen molar-refractivity contribution in [2.75, 3.05) is 0 Å². The van der Waals surface area contributed by atoms with E-state index in [0.29, 0.717) is 12.8 Å². The summed E-state index contributed by atoms with van der Waals surface area (Å²) in [5.41, 5.74) is 2.21. The van der Waals surface area contributed by atoms with Crippen molar-refractivity contribution in [3.63, 3.8) is 0 Å². The molecule has 2 N–H and O–H groups in total. The van der Waals surface area contributed by atoms with Crippen molar-refractivity contribution in [2.24, 2.45) is 11.8 Å². The molecular formula is C16H21NO3. The van der Waals surface area contributed by atoms with Gasteiger partial charge in [-0.25, -0.2) is 0 Å². The molecule has 20 heavy (non-hydrogen) atoms. The third-order valence-electron chi connectivity index (χ3n) is 4.11. The number of nitrogens with one attached hydrogen (secondary N) is 1. The van der Waals surface area contributed by atoms with E-state index >= 15 is 0 Å². The first-order chi connectivity index (χ1) is 9.49. The number of benzene rings is 1. The van der Waals surface area contributed by atoms with Gasteiger partial charge >= 0.3 is 5.97 Å². The molecular weight excluding hydrogens is 254 g/mol. The van der Waals surface area contributed by atoms with E-state index in [-0.39, 0.29) is 17.9 Å². The van der Waals surface area contributed by atoms with Crippen molar-refractivity contribution < 1.29 is 14.7 Å². The van der Waals surface area contributed by atoms with E-state index in [1.807, 2.05) is 38.1 Å². The first-order valence-electron chi connectivity index (χ1n) is 7.09. The molecule has 108 valence electrons. The number of aryl methyl sites for hydroxylation is 1. The first kappa shape index (κ1) is 14.6. The molecule has 4 heteroatoms. The normalized spacial score (nSPS) is 23.3. The van der Waals surface area contributed by atoms with Crippen LogP contribution in [0, 0.1) is 18.8 Å². The van der Waals surface area contributed by atoms with Crippen LogP contribution in [0.2, 0.25) is 0 Å². The van der Waals surface area contributed by atoms with Crippen LogP contribution in [0.4, 0.5) is 0 Å². The molecule has 0 aromatic heterocycles. The maximum absolute atomic E-state index is 12.2. The second-order valence-corrected chi connectivity index (χ2v) is 5.62. The Morgan fingerprint density at radius 1 is 1.20 bits per heavy atom. The SMILES string of the molecule is Cc1ccc(C(C)NC(=O)[C@@H]2CCC[C@@H]2C(=O)O)cc1. The first-order valence-corrected chi connectivity index (χ1v) is 7.09. The molecule has 1 aliphatic rings. The molecule has 0 radical (unpaired) electrons. The maximum atomic E-state index is 12.2. The summed E-state index contributed by atoms with van der Waals surface area (Å²) < 4.78 is 0. The summed E-state index contributed by atoms with van der Waals surface area (Å²) in [6.07, 6.45) is 2.09. The minimum Gasteiger partial charge on any atom is -0.481 e. The summed E-state index contributed by atoms with van der Waals surface area (Å²) in [6.45, 7) is 3.94. The van der Waals surface area contributed by atoms with Crippen LogP contribution in [0.3, 0.4) is 0 Å². The third-order valence-corrected chi connectivity index (χ3v) is 4.11. The standard InChI is InChI=1S/C16H21NO3/c1-10-6-8-12(9-7-10)11(2)17-15(18)13-4-3-5-14(13)16(19)20/h6-9,11,13-14H,3-5H2,1-2H3,(H,17,18)(H,19,20)/t11?,13-,14+/m1/s1. The third kappa shape index (κ3) is 3.18. The fourth-order valence-corrected chi connectivity index (χ4v) is 2.83. The largest absolute Gasteiger partial charge is 0.481 e. The minimum atomic E-state index is -0.856. The van der Waals surface area contributed by atoms with Crippen LogP contribution in [-0.4, -0.2) is 17.0 Å². The molecule has 1 aromatic rings. The topological polar surface area (TPSA) is 66.4 Å². The molecule has 1 aliphatic carbocycles. The zero-order valence-corrected chi connectivity index (χ0v) is 11.9. The van der Waals surface area contributed by atoms with Crippen molar-refractivity contribution in [1.29, 1.82) is 0 Å². The quantitative estimate of drug-likeness (QED) is 0.887. The van der Waals surface area contributed by atoms with Gasteiger partial charge in [0.25, 0.3) is 0 Å². The predicted molar refractivity (Wildman–Crippen MR) is 76.2 cm³/mol. The van der Waals surface area contributed by atoms with Gasteiger partial charge in [0.2, 0.25) is 5.91 Å². The summed E-state index contributed by atoms with van der Waals surface area (Å²) in [7, 11) is 0. The number of carboxylic acid groups (broad SMARTS) is 1. The zero-order valence-electron chi connectivity index (χ0n) is 11.9. The van der Waals surface area contributed by atoms with Crippen molar-refractivity contribution >= 4 is 11.9 Å². The van der Waals surface area contributed by atoms with E-state index in [0.717, 1.165) is 12.0 Å². The number of carboxylic acids is 1. The van der Waals surface area contributed by atoms with E-state index in [1.165, 1.54) is 5.56 Å². The highest BCUT2D eigenvalue weighted by Gasteiger charge is 2.38. The highest BCUT2D eigenvalue weighted by atomic mass is 16.4. The van der Waals surface area contributed by atoms with E-state index < -0.39 is 11.9 Å². The molecule has 3 atom stereocenters. The number of carbonyl (C=O) groups is 2. The Hall–Kier alpha value is -1.84. The number of carbonyl (C=O) groups excluding carboxylic acids is 1. The second-order valence-electron chi connectivity index (χ2n) is 5.62. The molecule has 1 unspecified atom stereocenters. The minimum absolute atomic E-state index is 0.0989. The summed E-state index contributed by atoms with van der Waals surface area (Å²) in [5, 5.41) is 12.1. The Bertz CT molecular complexity index is 495. The lowest BCUT2D eigenvalue weighted by Gasteiger charge is -2.20. The van der Waals surface area contributed by atoms with Crippen molar-refractivity contribution in [3.05, 3.63) is 35.4 Å². The van der Waals surface area contributed by atoms with Crippen LogP contribution >= 0.6 is 0 Å². The second kappa shape index (κ2) is 6.07. The average molecular weight is 275 g/mol. The van der Waals surface area contributed by atoms with Crippen molar-refractivity contribution in [1.82, 2.24) is 5.32 Å². The van der Waals surface area contributed by atoms with Crippen LogP contribution in [-0.2, 0) is 9.59 Å². The summed E-state index contributed by atoms with van der Waals surface area (Å²) >= 11 is 0. The van der Waals surface area contributed by atoms with Crippen LogP contribution in [0.25, 0.3) is 0 Å². The summed E-state index contributed by atoms with van der Waals surface area (Å²) in [4.78, 5) is 23.4. The van der Waals surface area contributed by atoms with Crippen molar-refractivity contribution in [3.8, 4) is 0 Å².